The molecule has 1 aromatic carbocycles. The molecule has 0 radical (unpaired) electrons. The van der Waals surface area contributed by atoms with Crippen molar-refractivity contribution in [3.63, 3.8) is 0 Å². The maximum atomic E-state index is 13.7. The zero-order chi connectivity index (χ0) is 15.1. The fourth-order valence-electron chi connectivity index (χ4n) is 1.99. The van der Waals surface area contributed by atoms with Crippen LogP contribution in [0.25, 0.3) is 17.4 Å². The summed E-state index contributed by atoms with van der Waals surface area (Å²) in [6, 6.07) is 10.2. The van der Waals surface area contributed by atoms with Gasteiger partial charge < -0.3 is 14.5 Å². The summed E-state index contributed by atoms with van der Waals surface area (Å²) in [5, 5.41) is 3.26. The van der Waals surface area contributed by atoms with Gasteiger partial charge in [0.2, 0.25) is 0 Å². The molecular formula is C17H20FNO2. The Kier molecular flexibility index (Phi) is 5.72. The molecule has 0 aliphatic carbocycles. The Morgan fingerprint density at radius 3 is 2.86 bits per heavy atom. The Bertz CT molecular complexity index is 604. The molecule has 0 aliphatic rings. The van der Waals surface area contributed by atoms with Gasteiger partial charge in [0.25, 0.3) is 0 Å². The quantitative estimate of drug-likeness (QED) is 0.789. The second-order valence-corrected chi connectivity index (χ2v) is 4.84. The molecule has 1 heterocycles. The van der Waals surface area contributed by atoms with E-state index in [0.29, 0.717) is 17.9 Å². The third kappa shape index (κ3) is 4.55. The van der Waals surface area contributed by atoms with Crippen LogP contribution in [0.5, 0.6) is 0 Å². The van der Waals surface area contributed by atoms with Crippen LogP contribution in [0, 0.1) is 5.82 Å². The zero-order valence-electron chi connectivity index (χ0n) is 12.4. The lowest BCUT2D eigenvalue weighted by Crippen LogP contribution is -2.20. The van der Waals surface area contributed by atoms with Crippen molar-refractivity contribution in [1.29, 1.82) is 0 Å². The van der Waals surface area contributed by atoms with E-state index in [-0.39, 0.29) is 5.82 Å². The van der Waals surface area contributed by atoms with Gasteiger partial charge in [-0.05, 0) is 37.3 Å². The summed E-state index contributed by atoms with van der Waals surface area (Å²) in [5.74, 6) is 0.985. The first-order valence-corrected chi connectivity index (χ1v) is 6.92. The lowest BCUT2D eigenvalue weighted by molar-refractivity contribution is 0.200. The molecule has 3 nitrogen and oxygen atoms in total. The number of hydrogen-bond donors (Lipinski definition) is 1. The van der Waals surface area contributed by atoms with E-state index in [1.807, 2.05) is 19.1 Å². The summed E-state index contributed by atoms with van der Waals surface area (Å²) in [7, 11) is 1.68. The van der Waals surface area contributed by atoms with Gasteiger partial charge in [0.15, 0.2) is 0 Å². The lowest BCUT2D eigenvalue weighted by atomic mass is 10.1. The van der Waals surface area contributed by atoms with Gasteiger partial charge in [-0.3, -0.25) is 0 Å². The third-order valence-corrected chi connectivity index (χ3v) is 3.04. The molecule has 1 N–H and O–H groups in total. The topological polar surface area (TPSA) is 34.4 Å². The van der Waals surface area contributed by atoms with Crippen LogP contribution in [0.1, 0.15) is 12.7 Å². The summed E-state index contributed by atoms with van der Waals surface area (Å²) in [4.78, 5) is 0. The molecule has 112 valence electrons. The highest BCUT2D eigenvalue weighted by molar-refractivity contribution is 5.61. The first kappa shape index (κ1) is 15.5. The smallest absolute Gasteiger partial charge is 0.137 e. The van der Waals surface area contributed by atoms with Gasteiger partial charge in [0.1, 0.15) is 17.3 Å². The van der Waals surface area contributed by atoms with Crippen LogP contribution in [-0.4, -0.2) is 26.8 Å². The zero-order valence-corrected chi connectivity index (χ0v) is 12.4. The van der Waals surface area contributed by atoms with Crippen LogP contribution in [0.15, 0.2) is 46.4 Å². The highest BCUT2D eigenvalue weighted by Gasteiger charge is 2.08. The first-order chi connectivity index (χ1) is 10.2. The number of halogens is 1. The van der Waals surface area contributed by atoms with Crippen LogP contribution in [0.4, 0.5) is 4.39 Å². The average molecular weight is 289 g/mol. The molecule has 0 atom stereocenters. The van der Waals surface area contributed by atoms with Gasteiger partial charge in [0, 0.05) is 20.2 Å². The summed E-state index contributed by atoms with van der Waals surface area (Å²) in [6.45, 7) is 4.27. The van der Waals surface area contributed by atoms with Crippen molar-refractivity contribution in [1.82, 2.24) is 5.32 Å². The number of hydrogen-bond acceptors (Lipinski definition) is 3. The second kappa shape index (κ2) is 7.76. The van der Waals surface area contributed by atoms with E-state index in [9.17, 15) is 4.39 Å². The van der Waals surface area contributed by atoms with Gasteiger partial charge in [-0.15, -0.1) is 0 Å². The number of benzene rings is 1. The largest absolute Gasteiger partial charge is 0.457 e. The average Bonchev–Trinajstić information content (AvgIpc) is 2.92. The van der Waals surface area contributed by atoms with Crippen molar-refractivity contribution >= 4 is 6.08 Å². The van der Waals surface area contributed by atoms with Crippen molar-refractivity contribution in [3.8, 4) is 11.3 Å². The van der Waals surface area contributed by atoms with E-state index in [4.69, 9.17) is 9.15 Å². The second-order valence-electron chi connectivity index (χ2n) is 4.84. The Hall–Kier alpha value is -1.91. The Balaban J connectivity index is 2.01. The first-order valence-electron chi connectivity index (χ1n) is 6.92. The molecule has 0 amide bonds. The maximum Gasteiger partial charge on any atom is 0.137 e. The molecular weight excluding hydrogens is 269 g/mol. The molecule has 0 unspecified atom stereocenters. The molecule has 0 fully saturated rings. The standard InChI is InChI=1S/C17H20FNO2/c1-13(12-19-9-10-20-2)11-14-7-8-17(21-14)15-5-3-4-6-16(15)18/h3-8,11,19H,9-10,12H2,1-2H3. The minimum absolute atomic E-state index is 0.277. The van der Waals surface area contributed by atoms with Crippen LogP contribution in [0.2, 0.25) is 0 Å². The van der Waals surface area contributed by atoms with Gasteiger partial charge in [-0.1, -0.05) is 17.7 Å². The normalized spacial score (nSPS) is 11.9. The molecule has 0 aliphatic heterocycles. The number of furan rings is 1. The molecule has 0 saturated carbocycles. The maximum absolute atomic E-state index is 13.7. The van der Waals surface area contributed by atoms with E-state index in [1.54, 1.807) is 31.4 Å². The Morgan fingerprint density at radius 2 is 2.10 bits per heavy atom. The molecule has 2 rings (SSSR count). The van der Waals surface area contributed by atoms with E-state index >= 15 is 0 Å². The van der Waals surface area contributed by atoms with Gasteiger partial charge in [-0.25, -0.2) is 4.39 Å². The van der Waals surface area contributed by atoms with Crippen molar-refractivity contribution in [3.05, 3.63) is 53.5 Å². The molecule has 0 bridgehead atoms. The summed E-state index contributed by atoms with van der Waals surface area (Å²) < 4.78 is 24.3. The molecule has 4 heteroatoms. The molecule has 2 aromatic rings. The van der Waals surface area contributed by atoms with Gasteiger partial charge in [-0.2, -0.15) is 0 Å². The van der Waals surface area contributed by atoms with Crippen LogP contribution in [-0.2, 0) is 4.74 Å². The molecule has 0 saturated heterocycles. The summed E-state index contributed by atoms with van der Waals surface area (Å²) in [5.41, 5.74) is 1.62. The fraction of sp³-hybridized carbons (Fsp3) is 0.294. The highest BCUT2D eigenvalue weighted by atomic mass is 19.1. The Labute approximate surface area is 124 Å². The molecule has 1 aromatic heterocycles. The predicted molar refractivity (Wildman–Crippen MR) is 82.5 cm³/mol. The number of rotatable bonds is 7. The number of nitrogens with one attached hydrogen (secondary N) is 1. The lowest BCUT2D eigenvalue weighted by Gasteiger charge is -2.03. The van der Waals surface area contributed by atoms with Crippen LogP contribution >= 0.6 is 0 Å². The minimum Gasteiger partial charge on any atom is -0.457 e. The number of methoxy groups -OCH3 is 1. The van der Waals surface area contributed by atoms with Gasteiger partial charge in [0.05, 0.1) is 12.2 Å². The van der Waals surface area contributed by atoms with Crippen LogP contribution in [0.3, 0.4) is 0 Å². The van der Waals surface area contributed by atoms with Crippen molar-refractivity contribution in [2.45, 2.75) is 6.92 Å². The minimum atomic E-state index is -0.277. The fourth-order valence-corrected chi connectivity index (χ4v) is 1.99. The third-order valence-electron chi connectivity index (χ3n) is 3.04. The van der Waals surface area contributed by atoms with Crippen molar-refractivity contribution < 1.29 is 13.5 Å². The Morgan fingerprint density at radius 1 is 1.29 bits per heavy atom. The SMILES string of the molecule is COCCNCC(C)=Cc1ccc(-c2ccccc2F)o1. The van der Waals surface area contributed by atoms with E-state index in [0.717, 1.165) is 24.4 Å². The van der Waals surface area contributed by atoms with Crippen molar-refractivity contribution in [2.24, 2.45) is 0 Å². The van der Waals surface area contributed by atoms with Gasteiger partial charge >= 0.3 is 0 Å². The predicted octanol–water partition coefficient (Wildman–Crippen LogP) is 3.73. The van der Waals surface area contributed by atoms with E-state index in [1.165, 1.54) is 6.07 Å². The summed E-state index contributed by atoms with van der Waals surface area (Å²) in [6.07, 6.45) is 1.95. The number of ether oxygens (including phenoxy) is 1. The van der Waals surface area contributed by atoms with Crippen LogP contribution < -0.4 is 5.32 Å². The molecule has 21 heavy (non-hydrogen) atoms. The molecule has 0 spiro atoms. The monoisotopic (exact) mass is 289 g/mol. The van der Waals surface area contributed by atoms with E-state index < -0.39 is 0 Å². The summed E-state index contributed by atoms with van der Waals surface area (Å²) >= 11 is 0. The van der Waals surface area contributed by atoms with Crippen molar-refractivity contribution in [2.75, 3.05) is 26.8 Å². The van der Waals surface area contributed by atoms with E-state index in [2.05, 4.69) is 5.32 Å². The highest BCUT2D eigenvalue weighted by Crippen LogP contribution is 2.25.